The Hall–Kier alpha value is -0.680. The molecule has 5 heteroatoms. The van der Waals surface area contributed by atoms with Crippen LogP contribution in [0.3, 0.4) is 0 Å². The van der Waals surface area contributed by atoms with E-state index in [2.05, 4.69) is 21.2 Å². The molecule has 18 heavy (non-hydrogen) atoms. The number of hydrogen-bond donors (Lipinski definition) is 1. The van der Waals surface area contributed by atoms with Gasteiger partial charge in [0.15, 0.2) is 0 Å². The molecule has 1 rings (SSSR count). The van der Waals surface area contributed by atoms with Gasteiger partial charge in [-0.2, -0.15) is 0 Å². The summed E-state index contributed by atoms with van der Waals surface area (Å²) in [5.74, 6) is 2.23. The van der Waals surface area contributed by atoms with Crippen molar-refractivity contribution in [2.45, 2.75) is 19.9 Å². The van der Waals surface area contributed by atoms with Gasteiger partial charge in [0.05, 0.1) is 12.4 Å². The first kappa shape index (κ1) is 15.4. The van der Waals surface area contributed by atoms with Crippen molar-refractivity contribution in [3.05, 3.63) is 28.7 Å². The molecule has 1 aromatic rings. The summed E-state index contributed by atoms with van der Waals surface area (Å²) in [5.41, 5.74) is 0. The van der Waals surface area contributed by atoms with Crippen LogP contribution in [0.25, 0.3) is 0 Å². The van der Waals surface area contributed by atoms with Crippen LogP contribution in [0, 0.1) is 0 Å². The lowest BCUT2D eigenvalue weighted by molar-refractivity contribution is -0.119. The zero-order valence-electron chi connectivity index (χ0n) is 10.6. The smallest absolute Gasteiger partial charge is 0.230 e. The number of ether oxygens (including phenoxy) is 1. The van der Waals surface area contributed by atoms with E-state index in [0.717, 1.165) is 16.0 Å². The summed E-state index contributed by atoms with van der Waals surface area (Å²) in [7, 11) is 0. The molecule has 0 bridgehead atoms. The van der Waals surface area contributed by atoms with Crippen LogP contribution in [0.15, 0.2) is 28.7 Å². The minimum atomic E-state index is 0.0821. The summed E-state index contributed by atoms with van der Waals surface area (Å²) in [5, 5.41) is 2.85. The number of benzene rings is 1. The number of carbonyl (C=O) groups is 1. The molecule has 0 heterocycles. The number of thioether (sulfide) groups is 1. The fourth-order valence-electron chi connectivity index (χ4n) is 1.28. The lowest BCUT2D eigenvalue weighted by Crippen LogP contribution is -2.31. The lowest BCUT2D eigenvalue weighted by Gasteiger charge is -2.08. The summed E-state index contributed by atoms with van der Waals surface area (Å²) in [6.45, 7) is 4.53. The third-order valence-electron chi connectivity index (χ3n) is 1.99. The molecule has 1 N–H and O–H groups in total. The summed E-state index contributed by atoms with van der Waals surface area (Å²) >= 11 is 4.95. The summed E-state index contributed by atoms with van der Waals surface area (Å²) < 4.78 is 6.59. The molecule has 100 valence electrons. The van der Waals surface area contributed by atoms with Gasteiger partial charge in [0.25, 0.3) is 0 Å². The van der Waals surface area contributed by atoms with Crippen molar-refractivity contribution in [3.63, 3.8) is 0 Å². The standard InChI is InChI=1S/C13H18BrNO2S/c1-10(2)15-13(16)9-18-8-7-17-12-5-3-11(14)4-6-12/h3-6,10H,7-9H2,1-2H3,(H,15,16). The van der Waals surface area contributed by atoms with E-state index >= 15 is 0 Å². The Morgan fingerprint density at radius 1 is 1.39 bits per heavy atom. The van der Waals surface area contributed by atoms with Gasteiger partial charge in [0.1, 0.15) is 5.75 Å². The zero-order chi connectivity index (χ0) is 13.4. The fraction of sp³-hybridized carbons (Fsp3) is 0.462. The van der Waals surface area contributed by atoms with Gasteiger partial charge < -0.3 is 10.1 Å². The monoisotopic (exact) mass is 331 g/mol. The van der Waals surface area contributed by atoms with E-state index in [1.54, 1.807) is 11.8 Å². The molecule has 1 aromatic carbocycles. The first-order valence-corrected chi connectivity index (χ1v) is 7.78. The molecule has 0 spiro atoms. The van der Waals surface area contributed by atoms with E-state index in [4.69, 9.17) is 4.74 Å². The predicted molar refractivity (Wildman–Crippen MR) is 80.2 cm³/mol. The molecule has 0 saturated carbocycles. The van der Waals surface area contributed by atoms with Crippen molar-refractivity contribution in [1.82, 2.24) is 5.32 Å². The molecule has 0 atom stereocenters. The van der Waals surface area contributed by atoms with Gasteiger partial charge in [-0.15, -0.1) is 11.8 Å². The highest BCUT2D eigenvalue weighted by Crippen LogP contribution is 2.16. The molecule has 0 aromatic heterocycles. The van der Waals surface area contributed by atoms with Crippen LogP contribution in [0.5, 0.6) is 5.75 Å². The minimum Gasteiger partial charge on any atom is -0.493 e. The Labute approximate surface area is 121 Å². The van der Waals surface area contributed by atoms with Crippen molar-refractivity contribution in [2.75, 3.05) is 18.1 Å². The first-order chi connectivity index (χ1) is 8.58. The molecule has 3 nitrogen and oxygen atoms in total. The second kappa shape index (κ2) is 8.43. The molecular weight excluding hydrogens is 314 g/mol. The average Bonchev–Trinajstić information content (AvgIpc) is 2.30. The highest BCUT2D eigenvalue weighted by molar-refractivity contribution is 9.10. The summed E-state index contributed by atoms with van der Waals surface area (Å²) in [4.78, 5) is 11.3. The molecule has 1 amide bonds. The van der Waals surface area contributed by atoms with E-state index < -0.39 is 0 Å². The normalized spacial score (nSPS) is 10.4. The highest BCUT2D eigenvalue weighted by atomic mass is 79.9. The average molecular weight is 332 g/mol. The van der Waals surface area contributed by atoms with Crippen LogP contribution in [0.4, 0.5) is 0 Å². The van der Waals surface area contributed by atoms with Gasteiger partial charge in [-0.05, 0) is 38.1 Å². The zero-order valence-corrected chi connectivity index (χ0v) is 13.0. The van der Waals surface area contributed by atoms with E-state index in [-0.39, 0.29) is 11.9 Å². The Balaban J connectivity index is 2.08. The van der Waals surface area contributed by atoms with E-state index in [0.29, 0.717) is 12.4 Å². The summed E-state index contributed by atoms with van der Waals surface area (Å²) in [6.07, 6.45) is 0. The number of carbonyl (C=O) groups excluding carboxylic acids is 1. The Morgan fingerprint density at radius 2 is 2.06 bits per heavy atom. The topological polar surface area (TPSA) is 38.3 Å². The maximum atomic E-state index is 11.3. The molecule has 0 radical (unpaired) electrons. The fourth-order valence-corrected chi connectivity index (χ4v) is 2.16. The van der Waals surface area contributed by atoms with Crippen LogP contribution >= 0.6 is 27.7 Å². The minimum absolute atomic E-state index is 0.0821. The van der Waals surface area contributed by atoms with Crippen LogP contribution in [0.1, 0.15) is 13.8 Å². The molecule has 0 saturated heterocycles. The Bertz CT molecular complexity index is 368. The van der Waals surface area contributed by atoms with Gasteiger partial charge in [-0.1, -0.05) is 15.9 Å². The maximum Gasteiger partial charge on any atom is 0.230 e. The molecule has 0 aliphatic heterocycles. The van der Waals surface area contributed by atoms with Crippen LogP contribution in [-0.2, 0) is 4.79 Å². The van der Waals surface area contributed by atoms with E-state index in [1.165, 1.54) is 0 Å². The number of amides is 1. The number of rotatable bonds is 7. The summed E-state index contributed by atoms with van der Waals surface area (Å²) in [6, 6.07) is 7.93. The number of halogens is 1. The highest BCUT2D eigenvalue weighted by Gasteiger charge is 2.02. The lowest BCUT2D eigenvalue weighted by atomic mass is 10.3. The molecule has 0 aliphatic carbocycles. The Morgan fingerprint density at radius 3 is 2.67 bits per heavy atom. The van der Waals surface area contributed by atoms with Crippen LogP contribution < -0.4 is 10.1 Å². The third kappa shape index (κ3) is 6.91. The van der Waals surface area contributed by atoms with E-state index in [9.17, 15) is 4.79 Å². The van der Waals surface area contributed by atoms with Crippen LogP contribution in [0.2, 0.25) is 0 Å². The number of hydrogen-bond acceptors (Lipinski definition) is 3. The maximum absolute atomic E-state index is 11.3. The molecule has 0 unspecified atom stereocenters. The van der Waals surface area contributed by atoms with Crippen molar-refractivity contribution in [2.24, 2.45) is 0 Å². The molecular formula is C13H18BrNO2S. The van der Waals surface area contributed by atoms with Crippen molar-refractivity contribution in [3.8, 4) is 5.75 Å². The molecule has 0 fully saturated rings. The number of nitrogens with one attached hydrogen (secondary N) is 1. The van der Waals surface area contributed by atoms with Crippen LogP contribution in [-0.4, -0.2) is 30.1 Å². The van der Waals surface area contributed by atoms with Gasteiger partial charge in [0, 0.05) is 16.3 Å². The van der Waals surface area contributed by atoms with Gasteiger partial charge in [0.2, 0.25) is 5.91 Å². The Kier molecular flexibility index (Phi) is 7.20. The third-order valence-corrected chi connectivity index (χ3v) is 3.44. The van der Waals surface area contributed by atoms with Gasteiger partial charge in [-0.25, -0.2) is 0 Å². The van der Waals surface area contributed by atoms with Crippen molar-refractivity contribution >= 4 is 33.6 Å². The second-order valence-corrected chi connectivity index (χ2v) is 6.10. The SMILES string of the molecule is CC(C)NC(=O)CSCCOc1ccc(Br)cc1. The van der Waals surface area contributed by atoms with Crippen molar-refractivity contribution < 1.29 is 9.53 Å². The second-order valence-electron chi connectivity index (χ2n) is 4.08. The largest absolute Gasteiger partial charge is 0.493 e. The van der Waals surface area contributed by atoms with Gasteiger partial charge in [-0.3, -0.25) is 4.79 Å². The predicted octanol–water partition coefficient (Wildman–Crippen LogP) is 3.09. The quantitative estimate of drug-likeness (QED) is 0.780. The molecule has 0 aliphatic rings. The van der Waals surface area contributed by atoms with E-state index in [1.807, 2.05) is 38.1 Å². The first-order valence-electron chi connectivity index (χ1n) is 5.83. The van der Waals surface area contributed by atoms with Gasteiger partial charge >= 0.3 is 0 Å². The van der Waals surface area contributed by atoms with Crippen molar-refractivity contribution in [1.29, 1.82) is 0 Å².